The fourth-order valence-corrected chi connectivity index (χ4v) is 1.77. The standard InChI is InChI=1S/C14H22N2O4/c1-20-13-4-2-12(3-5-13)6-7-15-14(19)16(8-10-17)9-11-18/h2-5,17-18H,6-11H2,1H3,(H,15,19). The minimum atomic E-state index is -0.276. The summed E-state index contributed by atoms with van der Waals surface area (Å²) in [5.41, 5.74) is 1.10. The van der Waals surface area contributed by atoms with E-state index in [9.17, 15) is 4.79 Å². The Morgan fingerprint density at radius 2 is 1.80 bits per heavy atom. The van der Waals surface area contributed by atoms with Gasteiger partial charge < -0.3 is 25.2 Å². The topological polar surface area (TPSA) is 82.0 Å². The zero-order valence-corrected chi connectivity index (χ0v) is 11.7. The van der Waals surface area contributed by atoms with Gasteiger partial charge in [-0.1, -0.05) is 12.1 Å². The number of benzene rings is 1. The van der Waals surface area contributed by atoms with Crippen molar-refractivity contribution in [2.24, 2.45) is 0 Å². The Bertz CT molecular complexity index is 389. The number of nitrogens with one attached hydrogen (secondary N) is 1. The minimum absolute atomic E-state index is 0.119. The molecule has 20 heavy (non-hydrogen) atoms. The van der Waals surface area contributed by atoms with Crippen LogP contribution in [-0.2, 0) is 6.42 Å². The van der Waals surface area contributed by atoms with Gasteiger partial charge in [-0.15, -0.1) is 0 Å². The van der Waals surface area contributed by atoms with Gasteiger partial charge in [-0.3, -0.25) is 0 Å². The summed E-state index contributed by atoms with van der Waals surface area (Å²) in [7, 11) is 1.62. The predicted molar refractivity (Wildman–Crippen MR) is 75.8 cm³/mol. The van der Waals surface area contributed by atoms with Gasteiger partial charge in [-0.2, -0.15) is 0 Å². The first-order chi connectivity index (χ1) is 9.71. The fraction of sp³-hybridized carbons (Fsp3) is 0.500. The lowest BCUT2D eigenvalue weighted by atomic mass is 10.1. The van der Waals surface area contributed by atoms with Crippen molar-refractivity contribution in [2.45, 2.75) is 6.42 Å². The van der Waals surface area contributed by atoms with Crippen molar-refractivity contribution in [3.8, 4) is 5.75 Å². The molecule has 0 unspecified atom stereocenters. The average molecular weight is 282 g/mol. The molecule has 0 radical (unpaired) electrons. The SMILES string of the molecule is COc1ccc(CCNC(=O)N(CCO)CCO)cc1. The van der Waals surface area contributed by atoms with Crippen LogP contribution in [0, 0.1) is 0 Å². The van der Waals surface area contributed by atoms with Crippen LogP contribution in [0.15, 0.2) is 24.3 Å². The molecule has 0 aliphatic rings. The Hall–Kier alpha value is -1.79. The van der Waals surface area contributed by atoms with Crippen LogP contribution in [0.4, 0.5) is 4.79 Å². The highest BCUT2D eigenvalue weighted by atomic mass is 16.5. The molecular formula is C14H22N2O4. The van der Waals surface area contributed by atoms with Gasteiger partial charge in [0.1, 0.15) is 5.75 Å². The number of amides is 2. The van der Waals surface area contributed by atoms with Gasteiger partial charge in [-0.05, 0) is 24.1 Å². The summed E-state index contributed by atoms with van der Waals surface area (Å²) in [5.74, 6) is 0.801. The first kappa shape index (κ1) is 16.3. The maximum Gasteiger partial charge on any atom is 0.317 e. The summed E-state index contributed by atoms with van der Waals surface area (Å²) < 4.78 is 5.07. The molecule has 6 heteroatoms. The van der Waals surface area contributed by atoms with Crippen LogP contribution in [0.3, 0.4) is 0 Å². The molecule has 0 saturated heterocycles. The fourth-order valence-electron chi connectivity index (χ4n) is 1.77. The Labute approximate surface area is 119 Å². The van der Waals surface area contributed by atoms with E-state index in [0.29, 0.717) is 13.0 Å². The van der Waals surface area contributed by atoms with E-state index in [0.717, 1.165) is 11.3 Å². The quantitative estimate of drug-likeness (QED) is 0.637. The minimum Gasteiger partial charge on any atom is -0.497 e. The van der Waals surface area contributed by atoms with E-state index in [2.05, 4.69) is 5.32 Å². The first-order valence-electron chi connectivity index (χ1n) is 6.58. The van der Waals surface area contributed by atoms with Gasteiger partial charge in [0.15, 0.2) is 0 Å². The third-order valence-corrected chi connectivity index (χ3v) is 2.88. The molecule has 0 aromatic heterocycles. The highest BCUT2D eigenvalue weighted by Crippen LogP contribution is 2.11. The molecule has 1 aromatic rings. The molecule has 112 valence electrons. The predicted octanol–water partition coefficient (Wildman–Crippen LogP) is 0.234. The molecule has 0 atom stereocenters. The summed E-state index contributed by atoms with van der Waals surface area (Å²) in [6, 6.07) is 7.37. The van der Waals surface area contributed by atoms with Gasteiger partial charge in [0.2, 0.25) is 0 Å². The molecule has 3 N–H and O–H groups in total. The van der Waals surface area contributed by atoms with Crippen molar-refractivity contribution >= 4 is 6.03 Å². The highest BCUT2D eigenvalue weighted by molar-refractivity contribution is 5.74. The number of aliphatic hydroxyl groups excluding tert-OH is 2. The number of methoxy groups -OCH3 is 1. The molecule has 0 heterocycles. The number of hydrogen-bond acceptors (Lipinski definition) is 4. The van der Waals surface area contributed by atoms with Crippen LogP contribution in [-0.4, -0.2) is 61.1 Å². The van der Waals surface area contributed by atoms with Crippen LogP contribution >= 0.6 is 0 Å². The van der Waals surface area contributed by atoms with E-state index in [-0.39, 0.29) is 32.3 Å². The number of ether oxygens (including phenoxy) is 1. The molecule has 0 spiro atoms. The monoisotopic (exact) mass is 282 g/mol. The summed E-state index contributed by atoms with van der Waals surface area (Å²) in [4.78, 5) is 13.2. The summed E-state index contributed by atoms with van der Waals surface area (Å²) in [5, 5.41) is 20.5. The molecule has 0 aliphatic heterocycles. The van der Waals surface area contributed by atoms with Crippen LogP contribution in [0.1, 0.15) is 5.56 Å². The molecule has 0 aliphatic carbocycles. The number of rotatable bonds is 8. The van der Waals surface area contributed by atoms with Crippen molar-refractivity contribution in [3.63, 3.8) is 0 Å². The number of urea groups is 1. The van der Waals surface area contributed by atoms with Crippen LogP contribution in [0.5, 0.6) is 5.75 Å². The summed E-state index contributed by atoms with van der Waals surface area (Å²) in [6.07, 6.45) is 0.710. The Balaban J connectivity index is 2.35. The van der Waals surface area contributed by atoms with Crippen molar-refractivity contribution < 1.29 is 19.7 Å². The molecule has 2 amide bonds. The third-order valence-electron chi connectivity index (χ3n) is 2.88. The van der Waals surface area contributed by atoms with Gasteiger partial charge in [-0.25, -0.2) is 4.79 Å². The lowest BCUT2D eigenvalue weighted by Crippen LogP contribution is -2.43. The Morgan fingerprint density at radius 1 is 1.20 bits per heavy atom. The van der Waals surface area contributed by atoms with Gasteiger partial charge in [0.25, 0.3) is 0 Å². The normalized spacial score (nSPS) is 10.2. The number of carbonyl (C=O) groups is 1. The number of aliphatic hydroxyl groups is 2. The summed E-state index contributed by atoms with van der Waals surface area (Å²) in [6.45, 7) is 0.695. The molecular weight excluding hydrogens is 260 g/mol. The first-order valence-corrected chi connectivity index (χ1v) is 6.58. The van der Waals surface area contributed by atoms with Gasteiger partial charge >= 0.3 is 6.03 Å². The molecule has 0 bridgehead atoms. The summed E-state index contributed by atoms with van der Waals surface area (Å²) >= 11 is 0. The maximum absolute atomic E-state index is 11.8. The second kappa shape index (κ2) is 9.17. The molecule has 1 rings (SSSR count). The molecule has 1 aromatic carbocycles. The van der Waals surface area contributed by atoms with Crippen LogP contribution < -0.4 is 10.1 Å². The smallest absolute Gasteiger partial charge is 0.317 e. The van der Waals surface area contributed by atoms with E-state index >= 15 is 0 Å². The van der Waals surface area contributed by atoms with E-state index in [1.54, 1.807) is 7.11 Å². The van der Waals surface area contributed by atoms with Crippen LogP contribution in [0.25, 0.3) is 0 Å². The molecule has 0 fully saturated rings. The zero-order valence-electron chi connectivity index (χ0n) is 11.7. The number of nitrogens with zero attached hydrogens (tertiary/aromatic N) is 1. The third kappa shape index (κ3) is 5.46. The van der Waals surface area contributed by atoms with E-state index < -0.39 is 0 Å². The molecule has 6 nitrogen and oxygen atoms in total. The lowest BCUT2D eigenvalue weighted by Gasteiger charge is -2.21. The average Bonchev–Trinajstić information content (AvgIpc) is 2.47. The Morgan fingerprint density at radius 3 is 2.30 bits per heavy atom. The Kier molecular flexibility index (Phi) is 7.46. The van der Waals surface area contributed by atoms with E-state index in [4.69, 9.17) is 14.9 Å². The van der Waals surface area contributed by atoms with Gasteiger partial charge in [0, 0.05) is 19.6 Å². The van der Waals surface area contributed by atoms with Crippen molar-refractivity contribution in [1.29, 1.82) is 0 Å². The number of carbonyl (C=O) groups excluding carboxylic acids is 1. The second-order valence-electron chi connectivity index (χ2n) is 4.26. The van der Waals surface area contributed by atoms with Crippen LogP contribution in [0.2, 0.25) is 0 Å². The lowest BCUT2D eigenvalue weighted by molar-refractivity contribution is 0.158. The number of hydrogen-bond donors (Lipinski definition) is 3. The maximum atomic E-state index is 11.8. The second-order valence-corrected chi connectivity index (χ2v) is 4.26. The van der Waals surface area contributed by atoms with Crippen molar-refractivity contribution in [2.75, 3.05) is 40.0 Å². The largest absolute Gasteiger partial charge is 0.497 e. The highest BCUT2D eigenvalue weighted by Gasteiger charge is 2.11. The van der Waals surface area contributed by atoms with Crippen molar-refractivity contribution in [3.05, 3.63) is 29.8 Å². The molecule has 0 saturated carbocycles. The van der Waals surface area contributed by atoms with E-state index in [1.165, 1.54) is 4.90 Å². The zero-order chi connectivity index (χ0) is 14.8. The van der Waals surface area contributed by atoms with Gasteiger partial charge in [0.05, 0.1) is 20.3 Å². The van der Waals surface area contributed by atoms with E-state index in [1.807, 2.05) is 24.3 Å². The van der Waals surface area contributed by atoms with Crippen molar-refractivity contribution in [1.82, 2.24) is 10.2 Å².